The lowest BCUT2D eigenvalue weighted by molar-refractivity contribution is 0.102. The minimum absolute atomic E-state index is 0.0414. The number of amides is 1. The van der Waals surface area contributed by atoms with Crippen molar-refractivity contribution < 1.29 is 26.4 Å². The van der Waals surface area contributed by atoms with E-state index >= 15 is 0 Å². The van der Waals surface area contributed by atoms with Gasteiger partial charge in [-0.2, -0.15) is 4.31 Å². The number of ether oxygens (including phenoxy) is 1. The molecule has 0 spiro atoms. The van der Waals surface area contributed by atoms with Crippen LogP contribution in [0.2, 0.25) is 0 Å². The number of hydrogen-bond acceptors (Lipinski definition) is 6. The number of carbonyl (C=O) groups is 1. The number of sulfonamides is 2. The monoisotopic (exact) mass is 529 g/mol. The predicted octanol–water partition coefficient (Wildman–Crippen LogP) is 3.84. The molecule has 3 aromatic carbocycles. The molecular formula is C25H27N3O6S2. The molecule has 1 aliphatic rings. The first-order valence-corrected chi connectivity index (χ1v) is 14.2. The maximum Gasteiger partial charge on any atom is 0.262 e. The Morgan fingerprint density at radius 1 is 0.917 bits per heavy atom. The van der Waals surface area contributed by atoms with Crippen LogP contribution in [0, 0.1) is 6.92 Å². The van der Waals surface area contributed by atoms with Gasteiger partial charge in [0.2, 0.25) is 10.0 Å². The Balaban J connectivity index is 1.63. The second-order valence-corrected chi connectivity index (χ2v) is 12.0. The molecule has 3 aromatic rings. The highest BCUT2D eigenvalue weighted by atomic mass is 32.2. The van der Waals surface area contributed by atoms with Crippen molar-refractivity contribution in [2.45, 2.75) is 29.6 Å². The van der Waals surface area contributed by atoms with Crippen molar-refractivity contribution in [3.63, 3.8) is 0 Å². The molecule has 0 saturated carbocycles. The normalized spacial score (nSPS) is 14.4. The van der Waals surface area contributed by atoms with E-state index in [0.29, 0.717) is 24.3 Å². The largest absolute Gasteiger partial charge is 0.495 e. The van der Waals surface area contributed by atoms with Gasteiger partial charge < -0.3 is 10.1 Å². The lowest BCUT2D eigenvalue weighted by Crippen LogP contribution is -2.28. The van der Waals surface area contributed by atoms with Crippen molar-refractivity contribution in [3.05, 3.63) is 77.9 Å². The Hall–Kier alpha value is -3.41. The number of benzene rings is 3. The van der Waals surface area contributed by atoms with E-state index in [2.05, 4.69) is 10.0 Å². The van der Waals surface area contributed by atoms with E-state index in [1.165, 1.54) is 41.7 Å². The van der Waals surface area contributed by atoms with Crippen LogP contribution in [-0.4, -0.2) is 47.2 Å². The Morgan fingerprint density at radius 3 is 2.28 bits per heavy atom. The van der Waals surface area contributed by atoms with Gasteiger partial charge >= 0.3 is 0 Å². The number of hydrogen-bond donors (Lipinski definition) is 2. The fourth-order valence-corrected chi connectivity index (χ4v) is 6.84. The maximum absolute atomic E-state index is 13.1. The summed E-state index contributed by atoms with van der Waals surface area (Å²) >= 11 is 0. The highest BCUT2D eigenvalue weighted by Gasteiger charge is 2.28. The van der Waals surface area contributed by atoms with Crippen LogP contribution in [0.4, 0.5) is 11.4 Å². The number of nitrogens with zero attached hydrogens (tertiary/aromatic N) is 1. The lowest BCUT2D eigenvalue weighted by Gasteiger charge is -2.18. The SMILES string of the molecule is COc1ccc(S(=O)(=O)N2CCCC2)cc1NC(=O)c1ccc(C)c(S(=O)(=O)Nc2ccccc2)c1. The Labute approximate surface area is 211 Å². The van der Waals surface area contributed by atoms with Gasteiger partial charge in [0.1, 0.15) is 5.75 Å². The van der Waals surface area contributed by atoms with E-state index in [4.69, 9.17) is 4.74 Å². The van der Waals surface area contributed by atoms with Gasteiger partial charge in [-0.3, -0.25) is 9.52 Å². The van der Waals surface area contributed by atoms with Gasteiger partial charge in [0, 0.05) is 24.3 Å². The summed E-state index contributed by atoms with van der Waals surface area (Å²) in [6.07, 6.45) is 1.60. The summed E-state index contributed by atoms with van der Waals surface area (Å²) in [6, 6.07) is 17.0. The van der Waals surface area contributed by atoms with Crippen LogP contribution in [0.1, 0.15) is 28.8 Å². The Kier molecular flexibility index (Phi) is 7.34. The molecule has 1 amide bonds. The molecule has 2 N–H and O–H groups in total. The summed E-state index contributed by atoms with van der Waals surface area (Å²) in [4.78, 5) is 13.1. The van der Waals surface area contributed by atoms with Crippen molar-refractivity contribution in [1.29, 1.82) is 0 Å². The van der Waals surface area contributed by atoms with E-state index in [0.717, 1.165) is 12.8 Å². The van der Waals surface area contributed by atoms with E-state index < -0.39 is 26.0 Å². The van der Waals surface area contributed by atoms with Crippen molar-refractivity contribution >= 4 is 37.3 Å². The third-order valence-corrected chi connectivity index (χ3v) is 9.31. The smallest absolute Gasteiger partial charge is 0.262 e. The molecule has 0 atom stereocenters. The molecule has 1 saturated heterocycles. The number of methoxy groups -OCH3 is 1. The summed E-state index contributed by atoms with van der Waals surface area (Å²) < 4.78 is 61.2. The second-order valence-electron chi connectivity index (χ2n) is 8.38. The molecule has 1 aliphatic heterocycles. The molecule has 0 unspecified atom stereocenters. The number of carbonyl (C=O) groups excluding carboxylic acids is 1. The van der Waals surface area contributed by atoms with Crippen LogP contribution in [0.3, 0.4) is 0 Å². The summed E-state index contributed by atoms with van der Waals surface area (Å²) in [5.41, 5.74) is 1.11. The molecule has 11 heteroatoms. The predicted molar refractivity (Wildman–Crippen MR) is 137 cm³/mol. The van der Waals surface area contributed by atoms with Crippen molar-refractivity contribution in [2.75, 3.05) is 30.2 Å². The summed E-state index contributed by atoms with van der Waals surface area (Å²) in [7, 11) is -6.26. The molecule has 0 bridgehead atoms. The zero-order valence-electron chi connectivity index (χ0n) is 19.9. The summed E-state index contributed by atoms with van der Waals surface area (Å²) in [6.45, 7) is 2.54. The van der Waals surface area contributed by atoms with Gasteiger partial charge in [0.15, 0.2) is 0 Å². The second kappa shape index (κ2) is 10.3. The number of nitrogens with one attached hydrogen (secondary N) is 2. The quantitative estimate of drug-likeness (QED) is 0.457. The van der Waals surface area contributed by atoms with Gasteiger partial charge in [-0.15, -0.1) is 0 Å². The zero-order chi connectivity index (χ0) is 25.9. The minimum Gasteiger partial charge on any atom is -0.495 e. The molecule has 0 aromatic heterocycles. The summed E-state index contributed by atoms with van der Waals surface area (Å²) in [5, 5.41) is 2.67. The fourth-order valence-electron chi connectivity index (χ4n) is 3.96. The van der Waals surface area contributed by atoms with Gasteiger partial charge in [-0.1, -0.05) is 24.3 Å². The molecule has 0 radical (unpaired) electrons. The standard InChI is InChI=1S/C25H27N3O6S2/c1-18-10-11-19(16-24(18)35(30,31)27-20-8-4-3-5-9-20)25(29)26-22-17-21(12-13-23(22)34-2)36(32,33)28-14-6-7-15-28/h3-5,8-13,16-17,27H,6-7,14-15H2,1-2H3,(H,26,29). The topological polar surface area (TPSA) is 122 Å². The van der Waals surface area contributed by atoms with Crippen LogP contribution in [0.25, 0.3) is 0 Å². The summed E-state index contributed by atoms with van der Waals surface area (Å²) in [5.74, 6) is -0.338. The average Bonchev–Trinajstić information content (AvgIpc) is 3.40. The molecule has 4 rings (SSSR count). The minimum atomic E-state index is -3.96. The lowest BCUT2D eigenvalue weighted by atomic mass is 10.1. The molecule has 36 heavy (non-hydrogen) atoms. The van der Waals surface area contributed by atoms with Gasteiger partial charge in [-0.25, -0.2) is 16.8 Å². The molecule has 9 nitrogen and oxygen atoms in total. The van der Waals surface area contributed by atoms with Crippen molar-refractivity contribution in [1.82, 2.24) is 4.31 Å². The highest BCUT2D eigenvalue weighted by molar-refractivity contribution is 7.92. The third kappa shape index (κ3) is 5.38. The van der Waals surface area contributed by atoms with Crippen LogP contribution in [-0.2, 0) is 20.0 Å². The third-order valence-electron chi connectivity index (χ3n) is 5.89. The maximum atomic E-state index is 13.1. The average molecular weight is 530 g/mol. The van der Waals surface area contributed by atoms with Crippen LogP contribution < -0.4 is 14.8 Å². The Morgan fingerprint density at radius 2 is 1.61 bits per heavy atom. The van der Waals surface area contributed by atoms with E-state index in [-0.39, 0.29) is 26.8 Å². The first kappa shape index (κ1) is 25.7. The van der Waals surface area contributed by atoms with Crippen molar-refractivity contribution in [2.24, 2.45) is 0 Å². The number of aryl methyl sites for hydroxylation is 1. The van der Waals surface area contributed by atoms with Gasteiger partial charge in [-0.05, 0) is 67.8 Å². The van der Waals surface area contributed by atoms with Crippen LogP contribution >= 0.6 is 0 Å². The van der Waals surface area contributed by atoms with Gasteiger partial charge in [0.05, 0.1) is 22.6 Å². The molecule has 190 valence electrons. The molecule has 1 heterocycles. The van der Waals surface area contributed by atoms with Crippen LogP contribution in [0.15, 0.2) is 76.5 Å². The van der Waals surface area contributed by atoms with Crippen LogP contribution in [0.5, 0.6) is 5.75 Å². The number of anilines is 2. The molecular weight excluding hydrogens is 502 g/mol. The number of rotatable bonds is 8. The van der Waals surface area contributed by atoms with Gasteiger partial charge in [0.25, 0.3) is 15.9 Å². The zero-order valence-corrected chi connectivity index (χ0v) is 21.5. The van der Waals surface area contributed by atoms with E-state index in [1.54, 1.807) is 43.3 Å². The van der Waals surface area contributed by atoms with E-state index in [9.17, 15) is 21.6 Å². The fraction of sp³-hybridized carbons (Fsp3) is 0.240. The number of para-hydroxylation sites is 1. The first-order chi connectivity index (χ1) is 17.1. The Bertz CT molecular complexity index is 1480. The van der Waals surface area contributed by atoms with E-state index in [1.807, 2.05) is 0 Å². The molecule has 0 aliphatic carbocycles. The first-order valence-electron chi connectivity index (χ1n) is 11.3. The highest BCUT2D eigenvalue weighted by Crippen LogP contribution is 2.31. The molecule has 1 fully saturated rings. The van der Waals surface area contributed by atoms with Crippen molar-refractivity contribution in [3.8, 4) is 5.75 Å².